The maximum absolute atomic E-state index is 12.9. The Bertz CT molecular complexity index is 1270. The molecule has 3 heterocycles. The van der Waals surface area contributed by atoms with E-state index in [-0.39, 0.29) is 5.91 Å². The van der Waals surface area contributed by atoms with Gasteiger partial charge in [0.1, 0.15) is 29.9 Å². The van der Waals surface area contributed by atoms with Crippen LogP contribution in [0.3, 0.4) is 0 Å². The van der Waals surface area contributed by atoms with Gasteiger partial charge < -0.3 is 24.3 Å². The van der Waals surface area contributed by atoms with Crippen molar-refractivity contribution >= 4 is 33.1 Å². The van der Waals surface area contributed by atoms with Gasteiger partial charge in [-0.1, -0.05) is 12.1 Å². The number of fused-ring (bicyclic) bond motifs is 1. The molecule has 0 saturated carbocycles. The zero-order chi connectivity index (χ0) is 24.4. The largest absolute Gasteiger partial charge is 0.490 e. The number of amides is 1. The lowest BCUT2D eigenvalue weighted by Gasteiger charge is -2.29. The van der Waals surface area contributed by atoms with E-state index in [2.05, 4.69) is 28.7 Å². The summed E-state index contributed by atoms with van der Waals surface area (Å²) in [5, 5.41) is 5.08. The van der Waals surface area contributed by atoms with Gasteiger partial charge in [0, 0.05) is 25.8 Å². The minimum absolute atomic E-state index is 0.0973. The van der Waals surface area contributed by atoms with E-state index in [4.69, 9.17) is 9.47 Å². The van der Waals surface area contributed by atoms with Crippen LogP contribution in [0.1, 0.15) is 34.5 Å². The van der Waals surface area contributed by atoms with Gasteiger partial charge in [0.2, 0.25) is 0 Å². The average Bonchev–Trinajstić information content (AvgIpc) is 3.44. The Morgan fingerprint density at radius 1 is 1.00 bits per heavy atom. The van der Waals surface area contributed by atoms with Crippen molar-refractivity contribution in [3.63, 3.8) is 0 Å². The molecule has 1 saturated heterocycles. The predicted octanol–water partition coefficient (Wildman–Crippen LogP) is 5.85. The molecule has 0 spiro atoms. The number of carbonyl (C=O) groups is 1. The molecule has 0 atom stereocenters. The lowest BCUT2D eigenvalue weighted by atomic mass is 10.1. The van der Waals surface area contributed by atoms with Crippen LogP contribution in [0, 0.1) is 6.92 Å². The number of anilines is 1. The molecule has 35 heavy (non-hydrogen) atoms. The quantitative estimate of drug-likeness (QED) is 0.354. The summed E-state index contributed by atoms with van der Waals surface area (Å²) >= 11 is 1.66. The number of benzene rings is 2. The molecule has 1 amide bonds. The highest BCUT2D eigenvalue weighted by Crippen LogP contribution is 2.30. The smallest absolute Gasteiger partial charge is 0.272 e. The zero-order valence-electron chi connectivity index (χ0n) is 20.4. The van der Waals surface area contributed by atoms with E-state index in [0.29, 0.717) is 18.4 Å². The molecule has 4 aromatic rings. The molecule has 0 unspecified atom stereocenters. The van der Waals surface area contributed by atoms with Gasteiger partial charge in [0.15, 0.2) is 0 Å². The van der Waals surface area contributed by atoms with Crippen LogP contribution < -0.4 is 14.8 Å². The molecule has 5 rings (SSSR count). The minimum atomic E-state index is -0.0973. The number of thiophene rings is 1. The number of carbonyl (C=O) groups excluding carboxylic acids is 1. The highest BCUT2D eigenvalue weighted by molar-refractivity contribution is 7.17. The number of ether oxygens (including phenoxy) is 2. The second-order valence-electron chi connectivity index (χ2n) is 9.20. The second-order valence-corrected chi connectivity index (χ2v) is 10.1. The normalized spacial score (nSPS) is 14.8. The summed E-state index contributed by atoms with van der Waals surface area (Å²) in [6.45, 7) is 4.62. The number of likely N-dealkylation sites (tertiary alicyclic amines) is 1. The van der Waals surface area contributed by atoms with Gasteiger partial charge in [0.25, 0.3) is 5.91 Å². The van der Waals surface area contributed by atoms with E-state index >= 15 is 0 Å². The molecule has 1 fully saturated rings. The first kappa shape index (κ1) is 23.5. The summed E-state index contributed by atoms with van der Waals surface area (Å²) in [7, 11) is 4.09. The number of aryl methyl sites for hydroxylation is 2. The first-order chi connectivity index (χ1) is 17.0. The number of rotatable bonds is 7. The Hall–Kier alpha value is -3.29. The monoisotopic (exact) mass is 489 g/mol. The maximum atomic E-state index is 12.9. The van der Waals surface area contributed by atoms with E-state index < -0.39 is 0 Å². The summed E-state index contributed by atoms with van der Waals surface area (Å²) in [5.74, 6) is 1.59. The molecule has 7 heteroatoms. The average molecular weight is 490 g/mol. The lowest BCUT2D eigenvalue weighted by Crippen LogP contribution is -2.35. The third-order valence-corrected chi connectivity index (χ3v) is 7.68. The number of piperidine rings is 1. The molecular weight excluding hydrogens is 458 g/mol. The van der Waals surface area contributed by atoms with E-state index in [1.807, 2.05) is 67.1 Å². The molecule has 2 aromatic heterocycles. The van der Waals surface area contributed by atoms with Crippen molar-refractivity contribution in [2.75, 3.05) is 25.5 Å². The maximum Gasteiger partial charge on any atom is 0.272 e. The van der Waals surface area contributed by atoms with Crippen LogP contribution >= 0.6 is 11.3 Å². The molecule has 182 valence electrons. The summed E-state index contributed by atoms with van der Waals surface area (Å²) in [4.78, 5) is 15.3. The zero-order valence-corrected chi connectivity index (χ0v) is 21.2. The van der Waals surface area contributed by atoms with Crippen molar-refractivity contribution in [1.82, 2.24) is 9.47 Å². The third kappa shape index (κ3) is 5.21. The Kier molecular flexibility index (Phi) is 6.79. The number of hydrogen-bond acceptors (Lipinski definition) is 5. The van der Waals surface area contributed by atoms with Gasteiger partial charge in [0.05, 0.1) is 10.2 Å². The molecule has 0 aliphatic carbocycles. The number of nitrogens with one attached hydrogen (secondary N) is 1. The highest BCUT2D eigenvalue weighted by Gasteiger charge is 2.19. The van der Waals surface area contributed by atoms with Gasteiger partial charge in [-0.25, -0.2) is 0 Å². The molecule has 1 N–H and O–H groups in total. The fourth-order valence-electron chi connectivity index (χ4n) is 4.60. The minimum Gasteiger partial charge on any atom is -0.490 e. The predicted molar refractivity (Wildman–Crippen MR) is 142 cm³/mol. The van der Waals surface area contributed by atoms with E-state index in [1.54, 1.807) is 11.3 Å². The first-order valence-electron chi connectivity index (χ1n) is 12.0. The SMILES string of the molecule is Cc1c(C(=O)Nc2ccc(COc3ccc(OC4CCN(C)CC4)cc3)cc2)n(C)c2ccsc12. The Balaban J connectivity index is 1.14. The fourth-order valence-corrected chi connectivity index (χ4v) is 5.53. The molecular formula is C28H31N3O3S. The lowest BCUT2D eigenvalue weighted by molar-refractivity contribution is 0.101. The summed E-state index contributed by atoms with van der Waals surface area (Å²) < 4.78 is 15.2. The van der Waals surface area contributed by atoms with Gasteiger partial charge in [-0.2, -0.15) is 0 Å². The van der Waals surface area contributed by atoms with E-state index in [0.717, 1.165) is 64.5 Å². The van der Waals surface area contributed by atoms with Gasteiger partial charge in [-0.3, -0.25) is 4.79 Å². The molecule has 2 aromatic carbocycles. The standard InChI is InChI=1S/C28H31N3O3S/c1-19-26(31(3)25-14-17-35-27(19)25)28(32)29-21-6-4-20(5-7-21)18-33-22-8-10-23(11-9-22)34-24-12-15-30(2)16-13-24/h4-11,14,17,24H,12-13,15-16,18H2,1-3H3,(H,29,32). The number of hydrogen-bond donors (Lipinski definition) is 1. The fraction of sp³-hybridized carbons (Fsp3) is 0.321. The summed E-state index contributed by atoms with van der Waals surface area (Å²) in [6.07, 6.45) is 2.42. The molecule has 0 bridgehead atoms. The summed E-state index contributed by atoms with van der Waals surface area (Å²) in [5.41, 5.74) is 4.60. The van der Waals surface area contributed by atoms with Crippen LogP contribution in [0.25, 0.3) is 10.2 Å². The van der Waals surface area contributed by atoms with Gasteiger partial charge in [-0.05, 0) is 85.8 Å². The summed E-state index contributed by atoms with van der Waals surface area (Å²) in [6, 6.07) is 17.7. The number of nitrogens with zero attached hydrogens (tertiary/aromatic N) is 2. The van der Waals surface area contributed by atoms with Gasteiger partial charge in [-0.15, -0.1) is 11.3 Å². The highest BCUT2D eigenvalue weighted by atomic mass is 32.1. The van der Waals surface area contributed by atoms with E-state index in [1.165, 1.54) is 0 Å². The Labute approximate surface area is 210 Å². The first-order valence-corrected chi connectivity index (χ1v) is 12.9. The van der Waals surface area contributed by atoms with Crippen molar-refractivity contribution in [3.8, 4) is 11.5 Å². The van der Waals surface area contributed by atoms with Crippen LogP contribution in [-0.4, -0.2) is 41.6 Å². The van der Waals surface area contributed by atoms with Crippen molar-refractivity contribution in [2.24, 2.45) is 7.05 Å². The van der Waals surface area contributed by atoms with Crippen molar-refractivity contribution in [1.29, 1.82) is 0 Å². The van der Waals surface area contributed by atoms with E-state index in [9.17, 15) is 4.79 Å². The van der Waals surface area contributed by atoms with Crippen molar-refractivity contribution in [3.05, 3.63) is 76.8 Å². The van der Waals surface area contributed by atoms with Crippen LogP contribution in [0.2, 0.25) is 0 Å². The van der Waals surface area contributed by atoms with Crippen LogP contribution in [0.15, 0.2) is 60.0 Å². The molecule has 6 nitrogen and oxygen atoms in total. The Morgan fingerprint density at radius 2 is 1.69 bits per heavy atom. The molecule has 0 radical (unpaired) electrons. The van der Waals surface area contributed by atoms with Crippen LogP contribution in [0.4, 0.5) is 5.69 Å². The van der Waals surface area contributed by atoms with Gasteiger partial charge >= 0.3 is 0 Å². The Morgan fingerprint density at radius 3 is 2.37 bits per heavy atom. The van der Waals surface area contributed by atoms with Crippen LogP contribution in [-0.2, 0) is 13.7 Å². The molecule has 1 aliphatic heterocycles. The topological polar surface area (TPSA) is 55.7 Å². The third-order valence-electron chi connectivity index (χ3n) is 6.66. The van der Waals surface area contributed by atoms with Crippen LogP contribution in [0.5, 0.6) is 11.5 Å². The second kappa shape index (κ2) is 10.1. The van der Waals surface area contributed by atoms with Crippen molar-refractivity contribution in [2.45, 2.75) is 32.5 Å². The number of aromatic nitrogens is 1. The van der Waals surface area contributed by atoms with Crippen molar-refractivity contribution < 1.29 is 14.3 Å². The molecule has 1 aliphatic rings.